The van der Waals surface area contributed by atoms with Gasteiger partial charge < -0.3 is 9.57 Å². The minimum Gasteiger partial charge on any atom is -0.469 e. The highest BCUT2D eigenvalue weighted by atomic mass is 16.7. The molecule has 0 saturated carbocycles. The summed E-state index contributed by atoms with van der Waals surface area (Å²) in [6.45, 7) is 0. The lowest BCUT2D eigenvalue weighted by molar-refractivity contribution is -0.197. The quantitative estimate of drug-likeness (QED) is 0.377. The van der Waals surface area contributed by atoms with Crippen LogP contribution in [0.1, 0.15) is 51.4 Å². The third kappa shape index (κ3) is 5.38. The molecule has 0 N–H and O–H groups in total. The highest BCUT2D eigenvalue weighted by Gasteiger charge is 2.32. The number of carbonyl (C=O) groups excluding carboxylic acids is 4. The average Bonchev–Trinajstić information content (AvgIpc) is 2.74. The van der Waals surface area contributed by atoms with Crippen molar-refractivity contribution in [1.29, 1.82) is 0 Å². The lowest BCUT2D eigenvalue weighted by Gasteiger charge is -2.12. The normalized spacial score (nSPS) is 14.6. The van der Waals surface area contributed by atoms with Crippen molar-refractivity contribution in [3.8, 4) is 0 Å². The molecule has 0 spiro atoms. The van der Waals surface area contributed by atoms with Gasteiger partial charge in [-0.25, -0.2) is 4.79 Å². The number of carbonyl (C=O) groups is 4. The number of amides is 2. The summed E-state index contributed by atoms with van der Waals surface area (Å²) in [7, 11) is 1.35. The number of hydrogen-bond donors (Lipinski definition) is 0. The van der Waals surface area contributed by atoms with E-state index in [9.17, 15) is 19.2 Å². The molecule has 1 aliphatic heterocycles. The van der Waals surface area contributed by atoms with Crippen molar-refractivity contribution in [3.63, 3.8) is 0 Å². The Morgan fingerprint density at radius 3 is 1.95 bits per heavy atom. The second-order valence-corrected chi connectivity index (χ2v) is 4.54. The number of rotatable bonds is 8. The summed E-state index contributed by atoms with van der Waals surface area (Å²) in [4.78, 5) is 49.4. The number of nitrogens with zero attached hydrogens (tertiary/aromatic N) is 1. The first-order valence-electron chi connectivity index (χ1n) is 6.68. The molecule has 1 aliphatic rings. The van der Waals surface area contributed by atoms with E-state index in [1.165, 1.54) is 7.11 Å². The van der Waals surface area contributed by atoms with Crippen molar-refractivity contribution in [2.75, 3.05) is 7.11 Å². The predicted octanol–water partition coefficient (Wildman–Crippen LogP) is 1.11. The maximum atomic E-state index is 11.4. The van der Waals surface area contributed by atoms with Crippen LogP contribution in [0.25, 0.3) is 0 Å². The molecule has 0 unspecified atom stereocenters. The summed E-state index contributed by atoms with van der Waals surface area (Å²) in [5, 5.41) is 0.555. The van der Waals surface area contributed by atoms with Gasteiger partial charge in [-0.2, -0.15) is 0 Å². The molecular formula is C13H19NO6. The maximum Gasteiger partial charge on any atom is 0.333 e. The van der Waals surface area contributed by atoms with Crippen LogP contribution in [0, 0.1) is 0 Å². The lowest BCUT2D eigenvalue weighted by Crippen LogP contribution is -2.31. The third-order valence-electron chi connectivity index (χ3n) is 2.94. The summed E-state index contributed by atoms with van der Waals surface area (Å²) >= 11 is 0. The zero-order valence-electron chi connectivity index (χ0n) is 11.6. The zero-order valence-corrected chi connectivity index (χ0v) is 11.6. The van der Waals surface area contributed by atoms with Crippen LogP contribution in [-0.2, 0) is 28.8 Å². The molecule has 0 radical (unpaired) electrons. The average molecular weight is 285 g/mol. The van der Waals surface area contributed by atoms with E-state index in [1.807, 2.05) is 0 Å². The van der Waals surface area contributed by atoms with Crippen molar-refractivity contribution in [1.82, 2.24) is 5.06 Å². The first kappa shape index (κ1) is 16.1. The van der Waals surface area contributed by atoms with Crippen molar-refractivity contribution in [3.05, 3.63) is 0 Å². The number of imide groups is 1. The molecule has 0 aromatic carbocycles. The molecule has 0 aromatic heterocycles. The minimum atomic E-state index is -0.582. The van der Waals surface area contributed by atoms with Crippen LogP contribution in [-0.4, -0.2) is 35.9 Å². The van der Waals surface area contributed by atoms with Gasteiger partial charge in [-0.15, -0.1) is 5.06 Å². The monoisotopic (exact) mass is 285 g/mol. The maximum absolute atomic E-state index is 11.4. The molecule has 1 heterocycles. The first-order valence-corrected chi connectivity index (χ1v) is 6.68. The zero-order chi connectivity index (χ0) is 15.0. The fourth-order valence-corrected chi connectivity index (χ4v) is 1.80. The Hall–Kier alpha value is -1.92. The molecule has 1 fully saturated rings. The van der Waals surface area contributed by atoms with Crippen LogP contribution < -0.4 is 0 Å². The molecule has 1 saturated heterocycles. The van der Waals surface area contributed by atoms with Crippen LogP contribution in [0.4, 0.5) is 0 Å². The van der Waals surface area contributed by atoms with Gasteiger partial charge >= 0.3 is 11.9 Å². The molecule has 0 bridgehead atoms. The van der Waals surface area contributed by atoms with Gasteiger partial charge in [-0.3, -0.25) is 14.4 Å². The first-order chi connectivity index (χ1) is 9.54. The van der Waals surface area contributed by atoms with Crippen LogP contribution in [0.2, 0.25) is 0 Å². The van der Waals surface area contributed by atoms with Gasteiger partial charge in [0.25, 0.3) is 11.8 Å². The van der Waals surface area contributed by atoms with E-state index >= 15 is 0 Å². The predicted molar refractivity (Wildman–Crippen MR) is 66.9 cm³/mol. The fraction of sp³-hybridized carbons (Fsp3) is 0.692. The van der Waals surface area contributed by atoms with E-state index in [0.717, 1.165) is 12.8 Å². The minimum absolute atomic E-state index is 0.0969. The van der Waals surface area contributed by atoms with Crippen molar-refractivity contribution in [2.24, 2.45) is 0 Å². The van der Waals surface area contributed by atoms with Gasteiger partial charge in [0.1, 0.15) is 0 Å². The van der Waals surface area contributed by atoms with Gasteiger partial charge in [-0.05, 0) is 12.8 Å². The number of hydrogen-bond acceptors (Lipinski definition) is 6. The van der Waals surface area contributed by atoms with E-state index < -0.39 is 17.8 Å². The van der Waals surface area contributed by atoms with Crippen LogP contribution >= 0.6 is 0 Å². The number of hydroxylamine groups is 2. The summed E-state index contributed by atoms with van der Waals surface area (Å²) in [5.41, 5.74) is 0. The summed E-state index contributed by atoms with van der Waals surface area (Å²) < 4.78 is 4.51. The van der Waals surface area contributed by atoms with Crippen molar-refractivity contribution >= 4 is 23.8 Å². The molecule has 0 aromatic rings. The van der Waals surface area contributed by atoms with E-state index in [4.69, 9.17) is 4.84 Å². The van der Waals surface area contributed by atoms with Gasteiger partial charge in [-0.1, -0.05) is 12.8 Å². The molecule has 20 heavy (non-hydrogen) atoms. The van der Waals surface area contributed by atoms with Gasteiger partial charge in [0, 0.05) is 25.7 Å². The Morgan fingerprint density at radius 2 is 1.45 bits per heavy atom. The molecule has 7 nitrogen and oxygen atoms in total. The second kappa shape index (κ2) is 8.29. The number of esters is 1. The van der Waals surface area contributed by atoms with E-state index in [2.05, 4.69) is 4.74 Å². The Bertz CT molecular complexity index is 376. The second-order valence-electron chi connectivity index (χ2n) is 4.54. The Kier molecular flexibility index (Phi) is 6.69. The topological polar surface area (TPSA) is 90.0 Å². The van der Waals surface area contributed by atoms with Crippen molar-refractivity contribution in [2.45, 2.75) is 51.4 Å². The smallest absolute Gasteiger partial charge is 0.333 e. The highest BCUT2D eigenvalue weighted by molar-refractivity contribution is 6.01. The Morgan fingerprint density at radius 1 is 0.950 bits per heavy atom. The van der Waals surface area contributed by atoms with Gasteiger partial charge in [0.15, 0.2) is 0 Å². The van der Waals surface area contributed by atoms with Crippen LogP contribution in [0.5, 0.6) is 0 Å². The van der Waals surface area contributed by atoms with E-state index in [1.54, 1.807) is 0 Å². The summed E-state index contributed by atoms with van der Waals surface area (Å²) in [5.74, 6) is -1.76. The third-order valence-corrected chi connectivity index (χ3v) is 2.94. The molecule has 0 atom stereocenters. The molecule has 0 aliphatic carbocycles. The molecule has 2 amide bonds. The van der Waals surface area contributed by atoms with E-state index in [-0.39, 0.29) is 25.2 Å². The van der Waals surface area contributed by atoms with Crippen LogP contribution in [0.3, 0.4) is 0 Å². The van der Waals surface area contributed by atoms with Gasteiger partial charge in [0.2, 0.25) is 0 Å². The summed E-state index contributed by atoms with van der Waals surface area (Å²) in [6, 6.07) is 0. The standard InChI is InChI=1S/C13H19NO6/c1-19-12(17)6-4-2-3-5-7-13(18)20-14-10(15)8-9-11(14)16/h2-9H2,1H3. The molecular weight excluding hydrogens is 266 g/mol. The number of unbranched alkanes of at least 4 members (excludes halogenated alkanes) is 3. The molecule has 112 valence electrons. The highest BCUT2D eigenvalue weighted by Crippen LogP contribution is 2.13. The van der Waals surface area contributed by atoms with E-state index in [0.29, 0.717) is 24.3 Å². The Labute approximate surface area is 117 Å². The lowest BCUT2D eigenvalue weighted by atomic mass is 10.1. The molecule has 7 heteroatoms. The van der Waals surface area contributed by atoms with Crippen LogP contribution in [0.15, 0.2) is 0 Å². The summed E-state index contributed by atoms with van der Waals surface area (Å²) in [6.07, 6.45) is 3.60. The Balaban J connectivity index is 2.07. The molecule has 1 rings (SSSR count). The van der Waals surface area contributed by atoms with Crippen molar-refractivity contribution < 1.29 is 28.8 Å². The fourth-order valence-electron chi connectivity index (χ4n) is 1.80. The largest absolute Gasteiger partial charge is 0.469 e. The number of methoxy groups -OCH3 is 1. The SMILES string of the molecule is COC(=O)CCCCCCC(=O)ON1C(=O)CCC1=O. The van der Waals surface area contributed by atoms with Gasteiger partial charge in [0.05, 0.1) is 7.11 Å². The number of ether oxygens (including phenoxy) is 1.